The van der Waals surface area contributed by atoms with Crippen LogP contribution in [0.3, 0.4) is 0 Å². The Labute approximate surface area is 210 Å². The first kappa shape index (κ1) is 24.8. The van der Waals surface area contributed by atoms with Crippen molar-refractivity contribution in [1.29, 1.82) is 0 Å². The first-order chi connectivity index (χ1) is 16.8. The van der Waals surface area contributed by atoms with Crippen LogP contribution in [0.25, 0.3) is 16.9 Å². The molecule has 2 aromatic heterocycles. The minimum Gasteiger partial charge on any atom is -0.489 e. The standard InChI is InChI=1S/C28H30ClN3O3/c1-18(2)35-26-12-11-22(16-24(26)29)28(34)30-23(13-14-33)15-20-7-9-21(10-8-20)25-17-32-19(3)5-4-6-27(32)31-25/h4-12,16-18,23,33H,13-15H2,1-3H3,(H,30,34)/t23-/m1/s1. The molecule has 0 aliphatic carbocycles. The lowest BCUT2D eigenvalue weighted by molar-refractivity contribution is 0.0930. The second-order valence-electron chi connectivity index (χ2n) is 8.92. The highest BCUT2D eigenvalue weighted by atomic mass is 35.5. The van der Waals surface area contributed by atoms with Crippen LogP contribution in [0.2, 0.25) is 5.02 Å². The predicted octanol–water partition coefficient (Wildman–Crippen LogP) is 5.47. The third kappa shape index (κ3) is 6.02. The van der Waals surface area contributed by atoms with Gasteiger partial charge in [-0.05, 0) is 69.5 Å². The van der Waals surface area contributed by atoms with Crippen LogP contribution in [0.1, 0.15) is 41.9 Å². The molecule has 0 fully saturated rings. The number of pyridine rings is 1. The molecular weight excluding hydrogens is 462 g/mol. The molecule has 6 nitrogen and oxygen atoms in total. The molecule has 0 saturated heterocycles. The number of imidazole rings is 1. The fraction of sp³-hybridized carbons (Fsp3) is 0.286. The topological polar surface area (TPSA) is 75.9 Å². The summed E-state index contributed by atoms with van der Waals surface area (Å²) in [7, 11) is 0. The Morgan fingerprint density at radius 1 is 1.14 bits per heavy atom. The molecule has 1 atom stereocenters. The van der Waals surface area contributed by atoms with E-state index in [-0.39, 0.29) is 24.7 Å². The zero-order chi connectivity index (χ0) is 24.9. The van der Waals surface area contributed by atoms with Crippen molar-refractivity contribution in [3.05, 3.63) is 88.7 Å². The summed E-state index contributed by atoms with van der Waals surface area (Å²) in [6, 6.07) is 19.0. The molecule has 35 heavy (non-hydrogen) atoms. The Kier molecular flexibility index (Phi) is 7.73. The third-order valence-corrected chi connectivity index (χ3v) is 6.09. The van der Waals surface area contributed by atoms with Crippen LogP contribution in [0.4, 0.5) is 0 Å². The smallest absolute Gasteiger partial charge is 0.251 e. The van der Waals surface area contributed by atoms with E-state index in [0.717, 1.165) is 28.2 Å². The summed E-state index contributed by atoms with van der Waals surface area (Å²) in [4.78, 5) is 17.6. The number of halogens is 1. The van der Waals surface area contributed by atoms with Gasteiger partial charge in [-0.1, -0.05) is 41.9 Å². The van der Waals surface area contributed by atoms with Crippen LogP contribution in [0.15, 0.2) is 66.9 Å². The summed E-state index contributed by atoms with van der Waals surface area (Å²) in [5.41, 5.74) is 5.49. The molecule has 0 aliphatic rings. The van der Waals surface area contributed by atoms with Gasteiger partial charge in [-0.15, -0.1) is 0 Å². The molecule has 2 N–H and O–H groups in total. The monoisotopic (exact) mass is 491 g/mol. The molecule has 4 rings (SSSR count). The van der Waals surface area contributed by atoms with Crippen LogP contribution >= 0.6 is 11.6 Å². The van der Waals surface area contributed by atoms with Gasteiger partial charge in [-0.25, -0.2) is 4.98 Å². The van der Waals surface area contributed by atoms with Crippen molar-refractivity contribution in [3.8, 4) is 17.0 Å². The van der Waals surface area contributed by atoms with E-state index in [2.05, 4.69) is 22.7 Å². The van der Waals surface area contributed by atoms with Crippen LogP contribution < -0.4 is 10.1 Å². The van der Waals surface area contributed by atoms with Gasteiger partial charge in [0.05, 0.1) is 16.8 Å². The molecule has 0 bridgehead atoms. The lowest BCUT2D eigenvalue weighted by Crippen LogP contribution is -2.37. The van der Waals surface area contributed by atoms with Crippen molar-refractivity contribution in [2.45, 2.75) is 45.8 Å². The molecule has 0 radical (unpaired) electrons. The summed E-state index contributed by atoms with van der Waals surface area (Å²) < 4.78 is 7.71. The number of aromatic nitrogens is 2. The number of carbonyl (C=O) groups is 1. The number of aliphatic hydroxyl groups is 1. The fourth-order valence-corrected chi connectivity index (χ4v) is 4.25. The maximum atomic E-state index is 12.9. The Morgan fingerprint density at radius 3 is 2.57 bits per heavy atom. The normalized spacial score (nSPS) is 12.2. The first-order valence-electron chi connectivity index (χ1n) is 11.8. The average molecular weight is 492 g/mol. The predicted molar refractivity (Wildman–Crippen MR) is 139 cm³/mol. The van der Waals surface area contributed by atoms with Gasteiger partial charge in [0.15, 0.2) is 0 Å². The highest BCUT2D eigenvalue weighted by Crippen LogP contribution is 2.27. The number of nitrogens with one attached hydrogen (secondary N) is 1. The molecule has 2 aromatic carbocycles. The van der Waals surface area contributed by atoms with Gasteiger partial charge in [-0.2, -0.15) is 0 Å². The number of nitrogens with zero attached hydrogens (tertiary/aromatic N) is 2. The van der Waals surface area contributed by atoms with Gasteiger partial charge in [0.2, 0.25) is 0 Å². The van der Waals surface area contributed by atoms with Crippen molar-refractivity contribution in [2.24, 2.45) is 0 Å². The van der Waals surface area contributed by atoms with Gasteiger partial charge >= 0.3 is 0 Å². The van der Waals surface area contributed by atoms with E-state index in [0.29, 0.717) is 29.2 Å². The zero-order valence-corrected chi connectivity index (χ0v) is 20.9. The molecule has 182 valence electrons. The van der Waals surface area contributed by atoms with Gasteiger partial charge < -0.3 is 19.6 Å². The number of amides is 1. The van der Waals surface area contributed by atoms with E-state index in [9.17, 15) is 9.90 Å². The van der Waals surface area contributed by atoms with Crippen LogP contribution in [-0.2, 0) is 6.42 Å². The van der Waals surface area contributed by atoms with Crippen molar-refractivity contribution in [1.82, 2.24) is 14.7 Å². The second kappa shape index (κ2) is 10.9. The number of fused-ring (bicyclic) bond motifs is 1. The van der Waals surface area contributed by atoms with Crippen LogP contribution in [0.5, 0.6) is 5.75 Å². The highest BCUT2D eigenvalue weighted by molar-refractivity contribution is 6.32. The van der Waals surface area contributed by atoms with E-state index in [4.69, 9.17) is 21.3 Å². The zero-order valence-electron chi connectivity index (χ0n) is 20.2. The van der Waals surface area contributed by atoms with Crippen LogP contribution in [-0.4, -0.2) is 39.2 Å². The number of rotatable bonds is 9. The summed E-state index contributed by atoms with van der Waals surface area (Å²) in [6.07, 6.45) is 3.07. The first-order valence-corrected chi connectivity index (χ1v) is 12.1. The highest BCUT2D eigenvalue weighted by Gasteiger charge is 2.16. The number of aliphatic hydroxyl groups excluding tert-OH is 1. The minimum absolute atomic E-state index is 0.00989. The second-order valence-corrected chi connectivity index (χ2v) is 9.32. The molecule has 0 unspecified atom stereocenters. The number of aryl methyl sites for hydroxylation is 1. The molecule has 0 aliphatic heterocycles. The molecular formula is C28H30ClN3O3. The van der Waals surface area contributed by atoms with Gasteiger partial charge in [0.1, 0.15) is 11.4 Å². The van der Waals surface area contributed by atoms with Gasteiger partial charge in [0, 0.05) is 35.7 Å². The molecule has 7 heteroatoms. The summed E-state index contributed by atoms with van der Waals surface area (Å²) in [5, 5.41) is 13.0. The lowest BCUT2D eigenvalue weighted by Gasteiger charge is -2.19. The quantitative estimate of drug-likeness (QED) is 0.325. The van der Waals surface area contributed by atoms with E-state index in [1.54, 1.807) is 18.2 Å². The van der Waals surface area contributed by atoms with Gasteiger partial charge in [0.25, 0.3) is 5.91 Å². The Bertz CT molecular complexity index is 1320. The SMILES string of the molecule is Cc1cccc2nc(-c3ccc(C[C@@H](CCO)NC(=O)c4ccc(OC(C)C)c(Cl)c4)cc3)cn12. The van der Waals surface area contributed by atoms with Crippen LogP contribution in [0, 0.1) is 6.92 Å². The third-order valence-electron chi connectivity index (χ3n) is 5.80. The lowest BCUT2D eigenvalue weighted by atomic mass is 10.0. The van der Waals surface area contributed by atoms with Crippen molar-refractivity contribution >= 4 is 23.2 Å². The largest absolute Gasteiger partial charge is 0.489 e. The molecule has 0 spiro atoms. The van der Waals surface area contributed by atoms with E-state index in [1.165, 1.54) is 0 Å². The summed E-state index contributed by atoms with van der Waals surface area (Å²) >= 11 is 6.29. The maximum absolute atomic E-state index is 12.9. The van der Waals surface area contributed by atoms with Crippen molar-refractivity contribution < 1.29 is 14.6 Å². The summed E-state index contributed by atoms with van der Waals surface area (Å²) in [5.74, 6) is 0.309. The van der Waals surface area contributed by atoms with E-state index < -0.39 is 0 Å². The number of carbonyl (C=O) groups excluding carboxylic acids is 1. The maximum Gasteiger partial charge on any atom is 0.251 e. The summed E-state index contributed by atoms with van der Waals surface area (Å²) in [6.45, 7) is 5.87. The fourth-order valence-electron chi connectivity index (χ4n) is 4.02. The molecule has 2 heterocycles. The van der Waals surface area contributed by atoms with E-state index in [1.807, 2.05) is 56.4 Å². The Morgan fingerprint density at radius 2 is 1.91 bits per heavy atom. The van der Waals surface area contributed by atoms with Gasteiger partial charge in [-0.3, -0.25) is 4.79 Å². The average Bonchev–Trinajstić information content (AvgIpc) is 3.26. The van der Waals surface area contributed by atoms with E-state index >= 15 is 0 Å². The number of hydrogen-bond acceptors (Lipinski definition) is 4. The molecule has 0 saturated carbocycles. The van der Waals surface area contributed by atoms with Crippen molar-refractivity contribution in [3.63, 3.8) is 0 Å². The Balaban J connectivity index is 1.44. The van der Waals surface area contributed by atoms with Crippen molar-refractivity contribution in [2.75, 3.05) is 6.61 Å². The number of benzene rings is 2. The minimum atomic E-state index is -0.238. The molecule has 1 amide bonds. The Hall–Kier alpha value is -3.35. The number of hydrogen-bond donors (Lipinski definition) is 2. The molecule has 4 aromatic rings. The number of ether oxygens (including phenoxy) is 1.